The van der Waals surface area contributed by atoms with Gasteiger partial charge in [0.2, 0.25) is 5.96 Å². The van der Waals surface area contributed by atoms with E-state index < -0.39 is 0 Å². The molecule has 112 valence electrons. The first kappa shape index (κ1) is 14.3. The molecule has 0 radical (unpaired) electrons. The van der Waals surface area contributed by atoms with Crippen molar-refractivity contribution in [2.75, 3.05) is 13.1 Å². The fourth-order valence-corrected chi connectivity index (χ4v) is 3.08. The molecule has 0 atom stereocenters. The first-order valence-electron chi connectivity index (χ1n) is 8.31. The quantitative estimate of drug-likeness (QED) is 0.594. The number of aliphatic imine (C=N–C) groups is 2. The van der Waals surface area contributed by atoms with Gasteiger partial charge in [-0.15, -0.1) is 0 Å². The Kier molecular flexibility index (Phi) is 5.03. The van der Waals surface area contributed by atoms with E-state index in [1.165, 1.54) is 43.4 Å². The zero-order valence-electron chi connectivity index (χ0n) is 12.8. The Morgan fingerprint density at radius 1 is 0.905 bits per heavy atom. The van der Waals surface area contributed by atoms with Crippen LogP contribution < -0.4 is 0 Å². The number of benzene rings is 1. The summed E-state index contributed by atoms with van der Waals surface area (Å²) in [5, 5.41) is 0. The SMILES string of the molecule is c1ccc(CN=C(N=C2CCCCC2)N2CCCC2)cc1. The molecule has 0 bridgehead atoms. The molecular weight excluding hydrogens is 258 g/mol. The molecule has 1 saturated heterocycles. The van der Waals surface area contributed by atoms with Gasteiger partial charge in [-0.25, -0.2) is 9.98 Å². The van der Waals surface area contributed by atoms with Gasteiger partial charge in [-0.05, 0) is 44.1 Å². The van der Waals surface area contributed by atoms with Gasteiger partial charge in [0.1, 0.15) is 0 Å². The van der Waals surface area contributed by atoms with Crippen LogP contribution in [0, 0.1) is 0 Å². The number of nitrogens with zero attached hydrogens (tertiary/aromatic N) is 3. The van der Waals surface area contributed by atoms with E-state index in [2.05, 4.69) is 35.2 Å². The highest BCUT2D eigenvalue weighted by Gasteiger charge is 2.17. The van der Waals surface area contributed by atoms with Gasteiger partial charge in [-0.2, -0.15) is 0 Å². The second-order valence-electron chi connectivity index (χ2n) is 6.03. The summed E-state index contributed by atoms with van der Waals surface area (Å²) in [4.78, 5) is 12.1. The number of hydrogen-bond acceptors (Lipinski definition) is 1. The van der Waals surface area contributed by atoms with E-state index in [4.69, 9.17) is 9.98 Å². The Morgan fingerprint density at radius 2 is 1.62 bits per heavy atom. The van der Waals surface area contributed by atoms with Gasteiger partial charge in [0, 0.05) is 18.8 Å². The molecule has 3 heteroatoms. The summed E-state index contributed by atoms with van der Waals surface area (Å²) in [6.45, 7) is 2.97. The minimum atomic E-state index is 0.740. The molecule has 1 aliphatic heterocycles. The topological polar surface area (TPSA) is 28.0 Å². The molecule has 1 aliphatic carbocycles. The third-order valence-corrected chi connectivity index (χ3v) is 4.32. The van der Waals surface area contributed by atoms with Crippen LogP contribution in [0.4, 0.5) is 0 Å². The first-order valence-corrected chi connectivity index (χ1v) is 8.31. The largest absolute Gasteiger partial charge is 0.341 e. The maximum absolute atomic E-state index is 4.93. The van der Waals surface area contributed by atoms with E-state index in [0.29, 0.717) is 0 Å². The summed E-state index contributed by atoms with van der Waals surface area (Å²) in [5.74, 6) is 0.980. The average Bonchev–Trinajstić information content (AvgIpc) is 3.08. The molecule has 1 aromatic carbocycles. The van der Waals surface area contributed by atoms with Gasteiger partial charge in [0.15, 0.2) is 0 Å². The van der Waals surface area contributed by atoms with Crippen molar-refractivity contribution in [3.8, 4) is 0 Å². The predicted molar refractivity (Wildman–Crippen MR) is 88.9 cm³/mol. The minimum Gasteiger partial charge on any atom is -0.341 e. The molecule has 2 aliphatic rings. The number of guanidine groups is 1. The van der Waals surface area contributed by atoms with Crippen LogP contribution in [0.3, 0.4) is 0 Å². The summed E-state index contributed by atoms with van der Waals surface area (Å²) >= 11 is 0. The smallest absolute Gasteiger partial charge is 0.220 e. The zero-order chi connectivity index (χ0) is 14.3. The summed E-state index contributed by atoms with van der Waals surface area (Å²) < 4.78 is 0. The Morgan fingerprint density at radius 3 is 2.33 bits per heavy atom. The Bertz CT molecular complexity index is 490. The second-order valence-corrected chi connectivity index (χ2v) is 6.03. The lowest BCUT2D eigenvalue weighted by molar-refractivity contribution is 0.509. The molecule has 1 aromatic rings. The van der Waals surface area contributed by atoms with Crippen LogP contribution in [0.15, 0.2) is 40.3 Å². The summed E-state index contributed by atoms with van der Waals surface area (Å²) in [7, 11) is 0. The van der Waals surface area contributed by atoms with Crippen molar-refractivity contribution < 1.29 is 0 Å². The number of rotatable bonds is 2. The molecule has 0 N–H and O–H groups in total. The third kappa shape index (κ3) is 4.16. The van der Waals surface area contributed by atoms with Gasteiger partial charge >= 0.3 is 0 Å². The minimum absolute atomic E-state index is 0.740. The molecule has 1 saturated carbocycles. The van der Waals surface area contributed by atoms with Gasteiger partial charge in [-0.3, -0.25) is 0 Å². The van der Waals surface area contributed by atoms with E-state index in [9.17, 15) is 0 Å². The van der Waals surface area contributed by atoms with Crippen molar-refractivity contribution in [2.24, 2.45) is 9.98 Å². The molecule has 0 aromatic heterocycles. The molecule has 2 fully saturated rings. The van der Waals surface area contributed by atoms with Crippen molar-refractivity contribution in [3.05, 3.63) is 35.9 Å². The standard InChI is InChI=1S/C18H25N3/c1-3-9-16(10-4-1)15-19-18(21-13-7-8-14-21)20-17-11-5-2-6-12-17/h1,3-4,9-10H,2,5-8,11-15H2. The van der Waals surface area contributed by atoms with Crippen LogP contribution in [0.5, 0.6) is 0 Å². The fraction of sp³-hybridized carbons (Fsp3) is 0.556. The predicted octanol–water partition coefficient (Wildman–Crippen LogP) is 4.04. The zero-order valence-corrected chi connectivity index (χ0v) is 12.8. The molecule has 0 amide bonds. The second kappa shape index (κ2) is 7.39. The van der Waals surface area contributed by atoms with E-state index in [1.807, 2.05) is 0 Å². The highest BCUT2D eigenvalue weighted by atomic mass is 15.3. The highest BCUT2D eigenvalue weighted by molar-refractivity contribution is 5.97. The monoisotopic (exact) mass is 283 g/mol. The van der Waals surface area contributed by atoms with Crippen molar-refractivity contribution >= 4 is 11.7 Å². The van der Waals surface area contributed by atoms with Crippen molar-refractivity contribution in [1.82, 2.24) is 4.90 Å². The van der Waals surface area contributed by atoms with Crippen molar-refractivity contribution in [3.63, 3.8) is 0 Å². The van der Waals surface area contributed by atoms with E-state index in [-0.39, 0.29) is 0 Å². The van der Waals surface area contributed by atoms with Crippen molar-refractivity contribution in [1.29, 1.82) is 0 Å². The number of hydrogen-bond donors (Lipinski definition) is 0. The van der Waals surface area contributed by atoms with E-state index in [0.717, 1.165) is 38.4 Å². The molecular formula is C18H25N3. The van der Waals surface area contributed by atoms with Crippen LogP contribution in [0.1, 0.15) is 50.5 Å². The van der Waals surface area contributed by atoms with Gasteiger partial charge in [-0.1, -0.05) is 36.8 Å². The fourth-order valence-electron chi connectivity index (χ4n) is 3.08. The normalized spacial score (nSPS) is 19.9. The Balaban J connectivity index is 1.74. The lowest BCUT2D eigenvalue weighted by Crippen LogP contribution is -2.27. The van der Waals surface area contributed by atoms with E-state index in [1.54, 1.807) is 0 Å². The van der Waals surface area contributed by atoms with Crippen LogP contribution in [0.2, 0.25) is 0 Å². The first-order chi connectivity index (χ1) is 10.4. The van der Waals surface area contributed by atoms with Gasteiger partial charge in [0.05, 0.1) is 6.54 Å². The van der Waals surface area contributed by atoms with Crippen LogP contribution in [-0.2, 0) is 6.54 Å². The molecule has 0 spiro atoms. The van der Waals surface area contributed by atoms with Crippen LogP contribution in [0.25, 0.3) is 0 Å². The number of likely N-dealkylation sites (tertiary alicyclic amines) is 1. The highest BCUT2D eigenvalue weighted by Crippen LogP contribution is 2.17. The lowest BCUT2D eigenvalue weighted by Gasteiger charge is -2.19. The van der Waals surface area contributed by atoms with Crippen LogP contribution >= 0.6 is 0 Å². The van der Waals surface area contributed by atoms with Gasteiger partial charge in [0.25, 0.3) is 0 Å². The summed E-state index contributed by atoms with van der Waals surface area (Å²) in [6, 6.07) is 10.5. The van der Waals surface area contributed by atoms with Crippen molar-refractivity contribution in [2.45, 2.75) is 51.5 Å². The lowest BCUT2D eigenvalue weighted by atomic mass is 9.99. The summed E-state index contributed by atoms with van der Waals surface area (Å²) in [5.41, 5.74) is 2.62. The Labute approximate surface area is 127 Å². The van der Waals surface area contributed by atoms with E-state index >= 15 is 0 Å². The molecule has 3 rings (SSSR count). The Hall–Kier alpha value is -1.64. The maximum atomic E-state index is 4.93. The molecule has 21 heavy (non-hydrogen) atoms. The van der Waals surface area contributed by atoms with Crippen LogP contribution in [-0.4, -0.2) is 29.7 Å². The molecule has 1 heterocycles. The third-order valence-electron chi connectivity index (χ3n) is 4.32. The van der Waals surface area contributed by atoms with Gasteiger partial charge < -0.3 is 4.90 Å². The summed E-state index contributed by atoms with van der Waals surface area (Å²) in [6.07, 6.45) is 8.83. The maximum Gasteiger partial charge on any atom is 0.220 e. The average molecular weight is 283 g/mol. The molecule has 3 nitrogen and oxygen atoms in total. The molecule has 0 unspecified atom stereocenters.